The third kappa shape index (κ3) is 5.13. The first kappa shape index (κ1) is 25.1. The number of aliphatic hydroxyl groups is 1. The number of fused-ring (bicyclic) bond motifs is 1. The largest absolute Gasteiger partial charge is 0.497 e. The van der Waals surface area contributed by atoms with Crippen LogP contribution in [-0.4, -0.2) is 43.3 Å². The first-order valence-electron chi connectivity index (χ1n) is 11.5. The van der Waals surface area contributed by atoms with Crippen molar-refractivity contribution in [3.63, 3.8) is 0 Å². The fourth-order valence-electron chi connectivity index (χ4n) is 4.14. The van der Waals surface area contributed by atoms with Crippen LogP contribution in [0, 0.1) is 19.7 Å². The van der Waals surface area contributed by atoms with Crippen molar-refractivity contribution in [3.05, 3.63) is 82.8 Å². The summed E-state index contributed by atoms with van der Waals surface area (Å²) < 4.78 is 30.4. The fraction of sp³-hybridized carbons (Fsp3) is 0.250. The molecule has 7 nitrogen and oxygen atoms in total. The Kier molecular flexibility index (Phi) is 7.45. The zero-order chi connectivity index (χ0) is 25.8. The fourth-order valence-corrected chi connectivity index (χ4v) is 4.14. The van der Waals surface area contributed by atoms with Crippen LogP contribution in [0.1, 0.15) is 33.1 Å². The molecule has 1 heterocycles. The molecular formula is C28H29FN2O5. The number of aliphatic hydroxyl groups excluding tert-OH is 1. The van der Waals surface area contributed by atoms with Crippen molar-refractivity contribution in [1.29, 1.82) is 0 Å². The molecular weight excluding hydrogens is 463 g/mol. The summed E-state index contributed by atoms with van der Waals surface area (Å²) in [6.07, 6.45) is 1.69. The molecule has 188 valence electrons. The smallest absolute Gasteiger partial charge is 0.191 e. The third-order valence-corrected chi connectivity index (χ3v) is 6.12. The number of hydrogen-bond donors (Lipinski definition) is 3. The number of carbonyl (C=O) groups is 1. The zero-order valence-corrected chi connectivity index (χ0v) is 20.6. The van der Waals surface area contributed by atoms with Gasteiger partial charge in [-0.1, -0.05) is 0 Å². The molecule has 0 fully saturated rings. The molecule has 0 aliphatic carbocycles. The highest BCUT2D eigenvalue weighted by Gasteiger charge is 2.28. The number of ether oxygens (including phenoxy) is 3. The summed E-state index contributed by atoms with van der Waals surface area (Å²) in [4.78, 5) is 17.3. The van der Waals surface area contributed by atoms with Crippen molar-refractivity contribution in [1.82, 2.24) is 4.98 Å². The molecule has 0 aliphatic rings. The number of anilines is 1. The van der Waals surface area contributed by atoms with Crippen molar-refractivity contribution >= 4 is 22.4 Å². The van der Waals surface area contributed by atoms with Crippen molar-refractivity contribution in [2.75, 3.05) is 32.8 Å². The molecule has 0 bridgehead atoms. The van der Waals surface area contributed by atoms with Gasteiger partial charge in [0.15, 0.2) is 5.78 Å². The van der Waals surface area contributed by atoms with Crippen LogP contribution in [0.3, 0.4) is 0 Å². The van der Waals surface area contributed by atoms with Crippen LogP contribution in [0.25, 0.3) is 10.9 Å². The third-order valence-electron chi connectivity index (χ3n) is 6.12. The van der Waals surface area contributed by atoms with Gasteiger partial charge in [0.25, 0.3) is 0 Å². The van der Waals surface area contributed by atoms with E-state index in [1.165, 1.54) is 32.4 Å². The monoisotopic (exact) mass is 492 g/mol. The summed E-state index contributed by atoms with van der Waals surface area (Å²) in [6.45, 7) is 3.98. The van der Waals surface area contributed by atoms with Gasteiger partial charge in [0.05, 0.1) is 20.8 Å². The highest BCUT2D eigenvalue weighted by atomic mass is 19.1. The lowest BCUT2D eigenvalue weighted by Gasteiger charge is -2.22. The first-order valence-corrected chi connectivity index (χ1v) is 11.5. The lowest BCUT2D eigenvalue weighted by Crippen LogP contribution is -2.22. The lowest BCUT2D eigenvalue weighted by molar-refractivity contribution is 0.0970. The molecule has 0 amide bonds. The molecule has 4 aromatic rings. The average molecular weight is 493 g/mol. The number of Topliss-reactive ketones (excluding diaryl/α,β-unsaturated/α-hetero) is 1. The number of carbonyl (C=O) groups excluding carboxylic acids is 1. The van der Waals surface area contributed by atoms with Gasteiger partial charge in [0.2, 0.25) is 0 Å². The number of nitrogens with one attached hydrogen (secondary N) is 2. The number of aromatic amines is 1. The summed E-state index contributed by atoms with van der Waals surface area (Å²) in [5, 5.41) is 13.2. The maximum absolute atomic E-state index is 14.1. The molecule has 4 rings (SSSR count). The molecule has 0 saturated heterocycles. The number of halogens is 1. The van der Waals surface area contributed by atoms with Crippen molar-refractivity contribution in [3.8, 4) is 17.2 Å². The number of methoxy groups -OCH3 is 2. The molecule has 36 heavy (non-hydrogen) atoms. The predicted octanol–water partition coefficient (Wildman–Crippen LogP) is 5.35. The summed E-state index contributed by atoms with van der Waals surface area (Å²) in [5.41, 5.74) is 4.55. The minimum atomic E-state index is -0.918. The number of H-pyrrole nitrogens is 1. The maximum Gasteiger partial charge on any atom is 0.191 e. The Morgan fingerprint density at radius 2 is 1.78 bits per heavy atom. The summed E-state index contributed by atoms with van der Waals surface area (Å²) in [7, 11) is 2.96. The Balaban J connectivity index is 1.82. The molecule has 3 aromatic carbocycles. The molecule has 0 saturated carbocycles. The second-order valence-electron chi connectivity index (χ2n) is 8.48. The van der Waals surface area contributed by atoms with Gasteiger partial charge in [-0.05, 0) is 49.2 Å². The standard InChI is InChI=1S/C28H29FN2O5/c1-16-9-23-24(15-30-25(23)10-17(16)2)28(33)27(22-6-5-18(29)11-26(22)35-4)31-19-12-20(34-3)14-21(13-19)36-8-7-32/h5-6,9-15,27,30-32H,7-8H2,1-4H3. The van der Waals surface area contributed by atoms with Crippen LogP contribution in [0.15, 0.2) is 54.7 Å². The van der Waals surface area contributed by atoms with E-state index in [0.717, 1.165) is 22.0 Å². The van der Waals surface area contributed by atoms with E-state index in [1.54, 1.807) is 24.4 Å². The number of benzene rings is 3. The Morgan fingerprint density at radius 1 is 1.03 bits per heavy atom. The predicted molar refractivity (Wildman–Crippen MR) is 137 cm³/mol. The topological polar surface area (TPSA) is 92.8 Å². The quantitative estimate of drug-likeness (QED) is 0.259. The van der Waals surface area contributed by atoms with Crippen LogP contribution in [0.4, 0.5) is 10.1 Å². The number of ketones is 1. The van der Waals surface area contributed by atoms with Crippen molar-refractivity contribution in [2.45, 2.75) is 19.9 Å². The lowest BCUT2D eigenvalue weighted by atomic mass is 9.94. The molecule has 0 radical (unpaired) electrons. The SMILES string of the molecule is COc1cc(NC(C(=O)c2c[nH]c3cc(C)c(C)cc23)c2ccc(F)cc2OC)cc(OCCO)c1. The Labute approximate surface area is 208 Å². The van der Waals surface area contributed by atoms with E-state index in [0.29, 0.717) is 28.3 Å². The van der Waals surface area contributed by atoms with Gasteiger partial charge in [-0.2, -0.15) is 0 Å². The van der Waals surface area contributed by atoms with Crippen molar-refractivity contribution < 1.29 is 28.5 Å². The van der Waals surface area contributed by atoms with Gasteiger partial charge in [0, 0.05) is 58.2 Å². The minimum absolute atomic E-state index is 0.106. The second kappa shape index (κ2) is 10.7. The molecule has 1 atom stereocenters. The van der Waals surface area contributed by atoms with Crippen LogP contribution >= 0.6 is 0 Å². The molecule has 0 spiro atoms. The van der Waals surface area contributed by atoms with E-state index in [2.05, 4.69) is 10.3 Å². The van der Waals surface area contributed by atoms with Crippen LogP contribution in [-0.2, 0) is 0 Å². The maximum atomic E-state index is 14.1. The van der Waals surface area contributed by atoms with E-state index in [4.69, 9.17) is 19.3 Å². The summed E-state index contributed by atoms with van der Waals surface area (Å²) in [6, 6.07) is 12.3. The normalized spacial score (nSPS) is 11.8. The molecule has 1 unspecified atom stereocenters. The van der Waals surface area contributed by atoms with E-state index < -0.39 is 11.9 Å². The van der Waals surface area contributed by atoms with Gasteiger partial charge in [-0.15, -0.1) is 0 Å². The van der Waals surface area contributed by atoms with Crippen LogP contribution in [0.2, 0.25) is 0 Å². The Hall–Kier alpha value is -4.04. The minimum Gasteiger partial charge on any atom is -0.497 e. The van der Waals surface area contributed by atoms with E-state index >= 15 is 0 Å². The average Bonchev–Trinajstić information content (AvgIpc) is 3.28. The Bertz CT molecular complexity index is 1400. The zero-order valence-electron chi connectivity index (χ0n) is 20.6. The van der Waals surface area contributed by atoms with E-state index in [-0.39, 0.29) is 24.7 Å². The molecule has 8 heteroatoms. The second-order valence-corrected chi connectivity index (χ2v) is 8.48. The van der Waals surface area contributed by atoms with Crippen molar-refractivity contribution in [2.24, 2.45) is 0 Å². The van der Waals surface area contributed by atoms with E-state index in [9.17, 15) is 9.18 Å². The van der Waals surface area contributed by atoms with Crippen LogP contribution < -0.4 is 19.5 Å². The van der Waals surface area contributed by atoms with Gasteiger partial charge >= 0.3 is 0 Å². The van der Waals surface area contributed by atoms with Crippen LogP contribution in [0.5, 0.6) is 17.2 Å². The summed E-state index contributed by atoms with van der Waals surface area (Å²) in [5.74, 6) is 0.508. The molecule has 0 aliphatic heterocycles. The first-order chi connectivity index (χ1) is 17.3. The Morgan fingerprint density at radius 3 is 2.50 bits per heavy atom. The number of aryl methyl sites for hydroxylation is 2. The highest BCUT2D eigenvalue weighted by Crippen LogP contribution is 2.35. The number of aromatic nitrogens is 1. The van der Waals surface area contributed by atoms with Gasteiger partial charge < -0.3 is 29.6 Å². The number of hydrogen-bond acceptors (Lipinski definition) is 6. The molecule has 3 N–H and O–H groups in total. The van der Waals surface area contributed by atoms with Gasteiger partial charge in [0.1, 0.15) is 35.7 Å². The number of rotatable bonds is 10. The highest BCUT2D eigenvalue weighted by molar-refractivity contribution is 6.12. The van der Waals surface area contributed by atoms with Gasteiger partial charge in [-0.3, -0.25) is 4.79 Å². The van der Waals surface area contributed by atoms with E-state index in [1.807, 2.05) is 26.0 Å². The molecule has 1 aromatic heterocycles. The summed E-state index contributed by atoms with van der Waals surface area (Å²) >= 11 is 0. The van der Waals surface area contributed by atoms with Gasteiger partial charge in [-0.25, -0.2) is 4.39 Å².